The molecule has 2 rings (SSSR count). The second-order valence-corrected chi connectivity index (χ2v) is 5.42. The number of hydrogen-bond donors (Lipinski definition) is 0. The summed E-state index contributed by atoms with van der Waals surface area (Å²) in [6.45, 7) is 4.27. The fraction of sp³-hybridized carbons (Fsp3) is 0.385. The van der Waals surface area contributed by atoms with E-state index < -0.39 is 0 Å². The number of imide groups is 1. The highest BCUT2D eigenvalue weighted by atomic mass is 32.2. The van der Waals surface area contributed by atoms with Gasteiger partial charge in [-0.05, 0) is 35.6 Å². The molecule has 0 aliphatic carbocycles. The molecule has 17 heavy (non-hydrogen) atoms. The third kappa shape index (κ3) is 2.69. The highest BCUT2D eigenvalue weighted by molar-refractivity contribution is 7.98. The van der Waals surface area contributed by atoms with Crippen molar-refractivity contribution in [3.63, 3.8) is 0 Å². The molecule has 1 aliphatic rings. The van der Waals surface area contributed by atoms with E-state index in [0.29, 0.717) is 18.8 Å². The summed E-state index contributed by atoms with van der Waals surface area (Å²) in [5.74, 6) is 0.310. The van der Waals surface area contributed by atoms with Crippen LogP contribution in [0.3, 0.4) is 0 Å². The molecule has 1 aliphatic heterocycles. The predicted molar refractivity (Wildman–Crippen MR) is 67.5 cm³/mol. The maximum atomic E-state index is 11.4. The van der Waals surface area contributed by atoms with Gasteiger partial charge in [-0.25, -0.2) is 4.31 Å². The Morgan fingerprint density at radius 3 is 2.06 bits per heavy atom. The zero-order valence-electron chi connectivity index (χ0n) is 9.97. The molecule has 0 saturated carbocycles. The lowest BCUT2D eigenvalue weighted by atomic mass is 10.0. The summed E-state index contributed by atoms with van der Waals surface area (Å²) < 4.78 is 1.27. The highest BCUT2D eigenvalue weighted by Gasteiger charge is 2.29. The topological polar surface area (TPSA) is 37.4 Å². The minimum atomic E-state index is -0.0899. The maximum Gasteiger partial charge on any atom is 0.240 e. The van der Waals surface area contributed by atoms with Crippen LogP contribution in [0, 0.1) is 0 Å². The van der Waals surface area contributed by atoms with Gasteiger partial charge in [-0.1, -0.05) is 26.0 Å². The number of hydrogen-bond acceptors (Lipinski definition) is 3. The summed E-state index contributed by atoms with van der Waals surface area (Å²) in [6, 6.07) is 7.99. The van der Waals surface area contributed by atoms with E-state index in [2.05, 4.69) is 13.8 Å². The molecule has 3 nitrogen and oxygen atoms in total. The fourth-order valence-electron chi connectivity index (χ4n) is 1.68. The normalized spacial score (nSPS) is 16.1. The Labute approximate surface area is 105 Å². The van der Waals surface area contributed by atoms with Crippen molar-refractivity contribution >= 4 is 23.8 Å². The Hall–Kier alpha value is -1.29. The van der Waals surface area contributed by atoms with Crippen LogP contribution in [0.25, 0.3) is 0 Å². The maximum absolute atomic E-state index is 11.4. The summed E-state index contributed by atoms with van der Waals surface area (Å²) >= 11 is 1.22. The standard InChI is InChI=1S/C13H15NO2S/c1-9(2)10-3-5-11(6-4-10)17-14-12(15)7-8-13(14)16/h3-6,9H,7-8H2,1-2H3. The van der Waals surface area contributed by atoms with Crippen LogP contribution in [-0.4, -0.2) is 16.1 Å². The lowest BCUT2D eigenvalue weighted by Crippen LogP contribution is -2.20. The van der Waals surface area contributed by atoms with Gasteiger partial charge in [0.25, 0.3) is 0 Å². The van der Waals surface area contributed by atoms with Gasteiger partial charge in [0.05, 0.1) is 0 Å². The van der Waals surface area contributed by atoms with E-state index in [1.54, 1.807) is 0 Å². The molecule has 1 aromatic carbocycles. The van der Waals surface area contributed by atoms with Crippen molar-refractivity contribution in [2.75, 3.05) is 0 Å². The molecule has 4 heteroatoms. The van der Waals surface area contributed by atoms with Crippen LogP contribution in [0.15, 0.2) is 29.2 Å². The van der Waals surface area contributed by atoms with Gasteiger partial charge in [0, 0.05) is 17.7 Å². The monoisotopic (exact) mass is 249 g/mol. The fourth-order valence-corrected chi connectivity index (χ4v) is 2.53. The average molecular weight is 249 g/mol. The second-order valence-electron chi connectivity index (χ2n) is 4.40. The first-order valence-electron chi connectivity index (χ1n) is 5.71. The molecular formula is C13H15NO2S. The summed E-state index contributed by atoms with van der Waals surface area (Å²) in [5, 5.41) is 0. The smallest absolute Gasteiger partial charge is 0.240 e. The molecule has 1 heterocycles. The van der Waals surface area contributed by atoms with Crippen molar-refractivity contribution in [1.82, 2.24) is 4.31 Å². The Morgan fingerprint density at radius 2 is 1.59 bits per heavy atom. The summed E-state index contributed by atoms with van der Waals surface area (Å²) in [4.78, 5) is 23.8. The third-order valence-corrected chi connectivity index (χ3v) is 3.82. The Kier molecular flexibility index (Phi) is 3.52. The SMILES string of the molecule is CC(C)c1ccc(SN2C(=O)CCC2=O)cc1. The molecule has 0 spiro atoms. The number of rotatable bonds is 3. The summed E-state index contributed by atoms with van der Waals surface area (Å²) in [5.41, 5.74) is 1.26. The van der Waals surface area contributed by atoms with Crippen LogP contribution in [0.1, 0.15) is 38.2 Å². The van der Waals surface area contributed by atoms with Crippen LogP contribution >= 0.6 is 11.9 Å². The Morgan fingerprint density at radius 1 is 1.06 bits per heavy atom. The molecule has 0 atom stereocenters. The number of benzene rings is 1. The van der Waals surface area contributed by atoms with Crippen LogP contribution in [0.5, 0.6) is 0 Å². The zero-order chi connectivity index (χ0) is 12.4. The molecule has 1 fully saturated rings. The molecule has 0 aromatic heterocycles. The lowest BCUT2D eigenvalue weighted by Gasteiger charge is -2.12. The van der Waals surface area contributed by atoms with E-state index in [4.69, 9.17) is 0 Å². The molecule has 0 N–H and O–H groups in total. The Bertz CT molecular complexity index is 423. The highest BCUT2D eigenvalue weighted by Crippen LogP contribution is 2.29. The van der Waals surface area contributed by atoms with Gasteiger partial charge in [-0.2, -0.15) is 0 Å². The lowest BCUT2D eigenvalue weighted by molar-refractivity contribution is -0.131. The van der Waals surface area contributed by atoms with Crippen LogP contribution in [0.2, 0.25) is 0 Å². The average Bonchev–Trinajstić information content (AvgIpc) is 2.61. The van der Waals surface area contributed by atoms with Gasteiger partial charge in [0.15, 0.2) is 0 Å². The van der Waals surface area contributed by atoms with Crippen molar-refractivity contribution in [3.05, 3.63) is 29.8 Å². The Balaban J connectivity index is 2.08. The van der Waals surface area contributed by atoms with Crippen molar-refractivity contribution in [2.24, 2.45) is 0 Å². The van der Waals surface area contributed by atoms with Crippen molar-refractivity contribution in [1.29, 1.82) is 0 Å². The van der Waals surface area contributed by atoms with Gasteiger partial charge in [-0.15, -0.1) is 0 Å². The van der Waals surface area contributed by atoms with Crippen molar-refractivity contribution in [3.8, 4) is 0 Å². The molecule has 1 aromatic rings. The molecule has 0 unspecified atom stereocenters. The van der Waals surface area contributed by atoms with Gasteiger partial charge in [-0.3, -0.25) is 9.59 Å². The van der Waals surface area contributed by atoms with E-state index in [9.17, 15) is 9.59 Å². The second kappa shape index (κ2) is 4.92. The van der Waals surface area contributed by atoms with Gasteiger partial charge in [0.1, 0.15) is 0 Å². The molecule has 0 radical (unpaired) electrons. The molecular weight excluding hydrogens is 234 g/mol. The van der Waals surface area contributed by atoms with Gasteiger partial charge in [0.2, 0.25) is 11.8 Å². The molecule has 1 saturated heterocycles. The number of carbonyl (C=O) groups is 2. The first kappa shape index (κ1) is 12.2. The molecule has 90 valence electrons. The van der Waals surface area contributed by atoms with Gasteiger partial charge < -0.3 is 0 Å². The van der Waals surface area contributed by atoms with Crippen molar-refractivity contribution < 1.29 is 9.59 Å². The number of carbonyl (C=O) groups excluding carboxylic acids is 2. The van der Waals surface area contributed by atoms with E-state index in [1.165, 1.54) is 21.8 Å². The minimum absolute atomic E-state index is 0.0899. The summed E-state index contributed by atoms with van der Waals surface area (Å²) in [7, 11) is 0. The van der Waals surface area contributed by atoms with E-state index in [-0.39, 0.29) is 11.8 Å². The third-order valence-electron chi connectivity index (χ3n) is 2.75. The van der Waals surface area contributed by atoms with Crippen LogP contribution in [0.4, 0.5) is 0 Å². The number of amides is 2. The van der Waals surface area contributed by atoms with Crippen LogP contribution < -0.4 is 0 Å². The first-order chi connectivity index (χ1) is 8.08. The van der Waals surface area contributed by atoms with E-state index in [0.717, 1.165) is 4.90 Å². The van der Waals surface area contributed by atoms with E-state index >= 15 is 0 Å². The zero-order valence-corrected chi connectivity index (χ0v) is 10.8. The van der Waals surface area contributed by atoms with Gasteiger partial charge >= 0.3 is 0 Å². The predicted octanol–water partition coefficient (Wildman–Crippen LogP) is 2.97. The largest absolute Gasteiger partial charge is 0.273 e. The summed E-state index contributed by atoms with van der Waals surface area (Å²) in [6.07, 6.45) is 0.686. The van der Waals surface area contributed by atoms with E-state index in [1.807, 2.05) is 24.3 Å². The molecule has 2 amide bonds. The van der Waals surface area contributed by atoms with Crippen LogP contribution in [-0.2, 0) is 9.59 Å². The minimum Gasteiger partial charge on any atom is -0.273 e. The quantitative estimate of drug-likeness (QED) is 0.610. The molecule has 0 bridgehead atoms. The number of nitrogens with zero attached hydrogens (tertiary/aromatic N) is 1. The van der Waals surface area contributed by atoms with Crippen molar-refractivity contribution in [2.45, 2.75) is 37.5 Å². The first-order valence-corrected chi connectivity index (χ1v) is 6.49.